The van der Waals surface area contributed by atoms with Crippen molar-refractivity contribution >= 4 is 41.6 Å². The van der Waals surface area contributed by atoms with Gasteiger partial charge in [0.15, 0.2) is 0 Å². The summed E-state index contributed by atoms with van der Waals surface area (Å²) in [4.78, 5) is 12.2. The number of nitrogens with two attached hydrogens (primary N) is 1. The molecule has 1 amide bonds. The minimum Gasteiger partial charge on any atom is -0.494 e. The number of carbonyl (C=O) groups excluding carboxylic acids is 1. The number of nitrogens with one attached hydrogen (secondary N) is 2. The van der Waals surface area contributed by atoms with E-state index in [1.54, 1.807) is 36.6 Å². The number of ether oxygens (including phenoxy) is 1. The molecule has 1 aromatic heterocycles. The fourth-order valence-electron chi connectivity index (χ4n) is 2.44. The van der Waals surface area contributed by atoms with E-state index < -0.39 is 0 Å². The van der Waals surface area contributed by atoms with Gasteiger partial charge in [0.25, 0.3) is 5.95 Å². The molecule has 3 rings (SSSR count). The van der Waals surface area contributed by atoms with Crippen molar-refractivity contribution in [3.8, 4) is 5.75 Å². The third-order valence-electron chi connectivity index (χ3n) is 3.86. The first kappa shape index (κ1) is 21.9. The van der Waals surface area contributed by atoms with Crippen molar-refractivity contribution in [3.05, 3.63) is 66.2 Å². The number of carbonyl (C=O) groups is 1. The highest BCUT2D eigenvalue weighted by Gasteiger charge is 2.12. The fraction of sp³-hybridized carbons (Fsp3) is 0.143. The molecule has 0 bridgehead atoms. The van der Waals surface area contributed by atoms with Crippen LogP contribution in [0.4, 0.5) is 11.6 Å². The van der Waals surface area contributed by atoms with Crippen molar-refractivity contribution in [1.82, 2.24) is 14.9 Å². The number of nitrogen functional groups attached to an aromatic ring is 1. The molecule has 0 unspecified atom stereocenters. The van der Waals surface area contributed by atoms with Crippen LogP contribution < -0.4 is 21.3 Å². The van der Waals surface area contributed by atoms with Crippen LogP contribution in [0.5, 0.6) is 5.75 Å². The van der Waals surface area contributed by atoms with Crippen molar-refractivity contribution in [3.63, 3.8) is 0 Å². The van der Waals surface area contributed by atoms with Crippen LogP contribution in [0.3, 0.4) is 0 Å². The molecule has 0 spiro atoms. The SMILES string of the molecule is CCOc1ccc(NC(=O)CSc2nnc(N/N=C/C=C/c3ccccc3)n2N)cc1. The Kier molecular flexibility index (Phi) is 8.06. The molecule has 2 aromatic carbocycles. The lowest BCUT2D eigenvalue weighted by molar-refractivity contribution is -0.113. The highest BCUT2D eigenvalue weighted by Crippen LogP contribution is 2.19. The number of thioether (sulfide) groups is 1. The molecule has 4 N–H and O–H groups in total. The van der Waals surface area contributed by atoms with Crippen LogP contribution in [0.1, 0.15) is 12.5 Å². The molecule has 10 heteroatoms. The van der Waals surface area contributed by atoms with Gasteiger partial charge in [-0.2, -0.15) is 5.10 Å². The van der Waals surface area contributed by atoms with Crippen LogP contribution in [0.15, 0.2) is 70.9 Å². The maximum atomic E-state index is 12.2. The molecule has 0 atom stereocenters. The lowest BCUT2D eigenvalue weighted by Gasteiger charge is -2.07. The van der Waals surface area contributed by atoms with Gasteiger partial charge >= 0.3 is 0 Å². The number of benzene rings is 2. The Labute approximate surface area is 184 Å². The number of hydrogen-bond donors (Lipinski definition) is 3. The summed E-state index contributed by atoms with van der Waals surface area (Å²) >= 11 is 1.17. The van der Waals surface area contributed by atoms with Crippen LogP contribution in [-0.2, 0) is 4.79 Å². The summed E-state index contributed by atoms with van der Waals surface area (Å²) in [6.07, 6.45) is 5.29. The lowest BCUT2D eigenvalue weighted by atomic mass is 10.2. The first-order valence-electron chi connectivity index (χ1n) is 9.52. The Bertz CT molecular complexity index is 1030. The highest BCUT2D eigenvalue weighted by atomic mass is 32.2. The molecule has 0 radical (unpaired) electrons. The third-order valence-corrected chi connectivity index (χ3v) is 4.80. The van der Waals surface area contributed by atoms with Crippen LogP contribution in [0, 0.1) is 0 Å². The number of hydrazone groups is 1. The molecule has 0 fully saturated rings. The van der Waals surface area contributed by atoms with E-state index in [1.165, 1.54) is 16.4 Å². The number of aromatic nitrogens is 3. The molecule has 1 heterocycles. The van der Waals surface area contributed by atoms with Crippen molar-refractivity contribution in [1.29, 1.82) is 0 Å². The number of rotatable bonds is 10. The van der Waals surface area contributed by atoms with Gasteiger partial charge in [-0.3, -0.25) is 4.79 Å². The van der Waals surface area contributed by atoms with E-state index in [4.69, 9.17) is 10.6 Å². The Hall–Kier alpha value is -3.79. The second-order valence-corrected chi connectivity index (χ2v) is 7.07. The molecular weight excluding hydrogens is 414 g/mol. The monoisotopic (exact) mass is 437 g/mol. The molecule has 160 valence electrons. The van der Waals surface area contributed by atoms with Gasteiger partial charge in [0.2, 0.25) is 11.1 Å². The molecular formula is C21H23N7O2S. The number of anilines is 2. The molecule has 0 aliphatic heterocycles. The van der Waals surface area contributed by atoms with Gasteiger partial charge in [-0.05, 0) is 42.8 Å². The molecule has 9 nitrogen and oxygen atoms in total. The summed E-state index contributed by atoms with van der Waals surface area (Å²) in [6, 6.07) is 17.0. The summed E-state index contributed by atoms with van der Waals surface area (Å²) in [6.45, 7) is 2.51. The van der Waals surface area contributed by atoms with Gasteiger partial charge in [0.1, 0.15) is 5.75 Å². The minimum atomic E-state index is -0.185. The number of allylic oxidation sites excluding steroid dienone is 1. The first-order chi connectivity index (χ1) is 15.2. The van der Waals surface area contributed by atoms with Gasteiger partial charge in [-0.25, -0.2) is 10.1 Å². The van der Waals surface area contributed by atoms with E-state index in [0.29, 0.717) is 17.5 Å². The molecule has 0 saturated heterocycles. The van der Waals surface area contributed by atoms with E-state index in [0.717, 1.165) is 11.3 Å². The predicted octanol–water partition coefficient (Wildman–Crippen LogP) is 3.23. The van der Waals surface area contributed by atoms with Gasteiger partial charge < -0.3 is 15.9 Å². The Balaban J connectivity index is 1.45. The summed E-state index contributed by atoms with van der Waals surface area (Å²) in [5.41, 5.74) is 4.47. The second-order valence-electron chi connectivity index (χ2n) is 6.13. The van der Waals surface area contributed by atoms with Gasteiger partial charge in [0, 0.05) is 11.9 Å². The first-order valence-corrected chi connectivity index (χ1v) is 10.5. The van der Waals surface area contributed by atoms with Crippen LogP contribution in [-0.4, -0.2) is 39.4 Å². The van der Waals surface area contributed by atoms with Crippen molar-refractivity contribution in [2.45, 2.75) is 12.1 Å². The van der Waals surface area contributed by atoms with Gasteiger partial charge in [-0.15, -0.1) is 10.2 Å². The average molecular weight is 438 g/mol. The van der Waals surface area contributed by atoms with E-state index in [1.807, 2.05) is 43.3 Å². The number of hydrogen-bond acceptors (Lipinski definition) is 8. The summed E-state index contributed by atoms with van der Waals surface area (Å²) in [7, 11) is 0. The maximum absolute atomic E-state index is 12.2. The van der Waals surface area contributed by atoms with Crippen molar-refractivity contribution in [2.24, 2.45) is 5.10 Å². The van der Waals surface area contributed by atoms with Gasteiger partial charge in [-0.1, -0.05) is 48.2 Å². The summed E-state index contributed by atoms with van der Waals surface area (Å²) in [5.74, 6) is 6.93. The van der Waals surface area contributed by atoms with Crippen LogP contribution in [0.2, 0.25) is 0 Å². The fourth-order valence-corrected chi connectivity index (χ4v) is 3.09. The van der Waals surface area contributed by atoms with E-state index in [9.17, 15) is 4.79 Å². The van der Waals surface area contributed by atoms with E-state index in [-0.39, 0.29) is 17.6 Å². The average Bonchev–Trinajstić information content (AvgIpc) is 3.14. The smallest absolute Gasteiger partial charge is 0.264 e. The standard InChI is InChI=1S/C21H23N7O2S/c1-2-30-18-12-10-17(11-13-18)24-19(29)15-31-21-27-26-20(28(21)22)25-23-14-6-9-16-7-4-3-5-8-16/h3-14H,2,15,22H2,1H3,(H,24,29)(H,25,26)/b9-6+,23-14+. The molecule has 31 heavy (non-hydrogen) atoms. The minimum absolute atomic E-state index is 0.131. The summed E-state index contributed by atoms with van der Waals surface area (Å²) in [5, 5.41) is 15.1. The zero-order chi connectivity index (χ0) is 21.9. The van der Waals surface area contributed by atoms with Crippen molar-refractivity contribution < 1.29 is 9.53 Å². The number of nitrogens with zero attached hydrogens (tertiary/aromatic N) is 4. The van der Waals surface area contributed by atoms with Gasteiger partial charge in [0.05, 0.1) is 12.4 Å². The quantitative estimate of drug-likeness (QED) is 0.193. The summed E-state index contributed by atoms with van der Waals surface area (Å²) < 4.78 is 6.62. The predicted molar refractivity (Wildman–Crippen MR) is 125 cm³/mol. The van der Waals surface area contributed by atoms with Crippen LogP contribution in [0.25, 0.3) is 6.08 Å². The lowest BCUT2D eigenvalue weighted by Crippen LogP contribution is -2.16. The second kappa shape index (κ2) is 11.4. The van der Waals surface area contributed by atoms with Crippen LogP contribution >= 0.6 is 11.8 Å². The topological polar surface area (TPSA) is 119 Å². The van der Waals surface area contributed by atoms with Crippen molar-refractivity contribution in [2.75, 3.05) is 28.9 Å². The molecule has 0 aliphatic carbocycles. The van der Waals surface area contributed by atoms with E-state index in [2.05, 4.69) is 26.0 Å². The molecule has 0 aliphatic rings. The molecule has 3 aromatic rings. The Morgan fingerprint density at radius 2 is 1.97 bits per heavy atom. The largest absolute Gasteiger partial charge is 0.494 e. The Morgan fingerprint density at radius 1 is 1.19 bits per heavy atom. The Morgan fingerprint density at radius 3 is 2.71 bits per heavy atom. The highest BCUT2D eigenvalue weighted by molar-refractivity contribution is 7.99. The normalized spacial score (nSPS) is 11.1. The third kappa shape index (κ3) is 6.89. The van der Waals surface area contributed by atoms with E-state index >= 15 is 0 Å². The zero-order valence-electron chi connectivity index (χ0n) is 16.9. The molecule has 0 saturated carbocycles. The number of amides is 1. The zero-order valence-corrected chi connectivity index (χ0v) is 17.7. The maximum Gasteiger partial charge on any atom is 0.264 e.